The number of unbranched alkanes of at least 4 members (excludes halogenated alkanes) is 1. The Hall–Kier alpha value is -0.390. The number of hydrogen-bond acceptors (Lipinski definition) is 2. The van der Waals surface area contributed by atoms with Crippen molar-refractivity contribution in [2.24, 2.45) is 5.92 Å². The molecule has 1 rings (SSSR count). The van der Waals surface area contributed by atoms with Crippen LogP contribution < -0.4 is 4.72 Å². The molecule has 1 aromatic rings. The fourth-order valence-electron chi connectivity index (χ4n) is 2.04. The van der Waals surface area contributed by atoms with Crippen molar-refractivity contribution in [2.75, 3.05) is 6.54 Å². The second kappa shape index (κ2) is 8.80. The molecule has 1 aromatic carbocycles. The average Bonchev–Trinajstić information content (AvgIpc) is 2.41. The molecule has 114 valence electrons. The van der Waals surface area contributed by atoms with E-state index in [0.717, 1.165) is 35.7 Å². The molecule has 0 radical (unpaired) electrons. The molecule has 0 saturated heterocycles. The number of sulfonamides is 1. The Kier molecular flexibility index (Phi) is 7.77. The van der Waals surface area contributed by atoms with E-state index in [2.05, 4.69) is 34.5 Å². The molecule has 20 heavy (non-hydrogen) atoms. The molecule has 0 aliphatic heterocycles. The zero-order chi connectivity index (χ0) is 15.0. The molecule has 1 atom stereocenters. The third-order valence-corrected chi connectivity index (χ3v) is 5.25. The first kappa shape index (κ1) is 17.7. The zero-order valence-corrected chi connectivity index (χ0v) is 14.6. The van der Waals surface area contributed by atoms with Crippen LogP contribution in [0.1, 0.15) is 45.1 Å². The Labute approximate surface area is 131 Å². The summed E-state index contributed by atoms with van der Waals surface area (Å²) >= 11 is 3.34. The van der Waals surface area contributed by atoms with Crippen molar-refractivity contribution < 1.29 is 8.42 Å². The van der Waals surface area contributed by atoms with Gasteiger partial charge in [0.1, 0.15) is 0 Å². The molecule has 0 unspecified atom stereocenters. The van der Waals surface area contributed by atoms with Crippen molar-refractivity contribution in [3.63, 3.8) is 0 Å². The van der Waals surface area contributed by atoms with Crippen molar-refractivity contribution in [3.05, 3.63) is 34.3 Å². The Morgan fingerprint density at radius 1 is 1.20 bits per heavy atom. The lowest BCUT2D eigenvalue weighted by molar-refractivity contribution is 0.443. The summed E-state index contributed by atoms with van der Waals surface area (Å²) in [5.74, 6) is 0.486. The standard InChI is InChI=1S/C15H24BrNO2S/c1-3-5-6-13(4-2)11-17-20(18,19)12-14-7-9-15(16)10-8-14/h7-10,13,17H,3-6,11-12H2,1-2H3/t13-/m1/s1. The van der Waals surface area contributed by atoms with Crippen LogP contribution in [0.2, 0.25) is 0 Å². The highest BCUT2D eigenvalue weighted by Gasteiger charge is 2.14. The van der Waals surface area contributed by atoms with Crippen LogP contribution in [0.25, 0.3) is 0 Å². The van der Waals surface area contributed by atoms with Crippen LogP contribution in [-0.2, 0) is 15.8 Å². The summed E-state index contributed by atoms with van der Waals surface area (Å²) in [7, 11) is -3.24. The summed E-state index contributed by atoms with van der Waals surface area (Å²) < 4.78 is 27.8. The molecule has 0 fully saturated rings. The first-order chi connectivity index (χ1) is 9.46. The maximum Gasteiger partial charge on any atom is 0.215 e. The number of benzene rings is 1. The second-order valence-corrected chi connectivity index (χ2v) is 7.87. The predicted octanol–water partition coefficient (Wildman–Crippen LogP) is 4.08. The quantitative estimate of drug-likeness (QED) is 0.719. The Bertz CT molecular complexity index is 485. The molecule has 5 heteroatoms. The zero-order valence-electron chi connectivity index (χ0n) is 12.2. The first-order valence-corrected chi connectivity index (χ1v) is 9.63. The van der Waals surface area contributed by atoms with E-state index in [1.165, 1.54) is 0 Å². The van der Waals surface area contributed by atoms with E-state index in [-0.39, 0.29) is 5.75 Å². The highest BCUT2D eigenvalue weighted by atomic mass is 79.9. The number of halogens is 1. The molecule has 0 heterocycles. The van der Waals surface area contributed by atoms with Crippen molar-refractivity contribution in [2.45, 2.75) is 45.3 Å². The van der Waals surface area contributed by atoms with Crippen LogP contribution in [-0.4, -0.2) is 15.0 Å². The van der Waals surface area contributed by atoms with E-state index in [0.29, 0.717) is 12.5 Å². The lowest BCUT2D eigenvalue weighted by Gasteiger charge is -2.15. The SMILES string of the molecule is CCCC[C@@H](CC)CNS(=O)(=O)Cc1ccc(Br)cc1. The van der Waals surface area contributed by atoms with Crippen LogP contribution in [0.4, 0.5) is 0 Å². The van der Waals surface area contributed by atoms with E-state index < -0.39 is 10.0 Å². The van der Waals surface area contributed by atoms with Crippen molar-refractivity contribution in [3.8, 4) is 0 Å². The molecule has 0 amide bonds. The Balaban J connectivity index is 2.50. The van der Waals surface area contributed by atoms with Gasteiger partial charge in [0.05, 0.1) is 5.75 Å². The maximum atomic E-state index is 12.1. The van der Waals surface area contributed by atoms with Gasteiger partial charge in [-0.2, -0.15) is 0 Å². The summed E-state index contributed by atoms with van der Waals surface area (Å²) in [4.78, 5) is 0. The van der Waals surface area contributed by atoms with Crippen LogP contribution in [0.3, 0.4) is 0 Å². The summed E-state index contributed by atoms with van der Waals surface area (Å²) in [5, 5.41) is 0. The smallest absolute Gasteiger partial charge is 0.215 e. The monoisotopic (exact) mass is 361 g/mol. The van der Waals surface area contributed by atoms with Crippen molar-refractivity contribution in [1.82, 2.24) is 4.72 Å². The minimum Gasteiger partial charge on any atom is -0.215 e. The first-order valence-electron chi connectivity index (χ1n) is 7.18. The summed E-state index contributed by atoms with van der Waals surface area (Å²) in [6.45, 7) is 4.82. The van der Waals surface area contributed by atoms with Gasteiger partial charge in [0.15, 0.2) is 0 Å². The molecule has 0 aliphatic rings. The second-order valence-electron chi connectivity index (χ2n) is 5.15. The third-order valence-electron chi connectivity index (χ3n) is 3.41. The van der Waals surface area contributed by atoms with E-state index in [4.69, 9.17) is 0 Å². The lowest BCUT2D eigenvalue weighted by Crippen LogP contribution is -2.30. The Morgan fingerprint density at radius 2 is 1.85 bits per heavy atom. The average molecular weight is 362 g/mol. The van der Waals surface area contributed by atoms with E-state index >= 15 is 0 Å². The molecule has 1 N–H and O–H groups in total. The van der Waals surface area contributed by atoms with Gasteiger partial charge in [-0.05, 0) is 30.0 Å². The van der Waals surface area contributed by atoms with Crippen LogP contribution in [0.15, 0.2) is 28.7 Å². The van der Waals surface area contributed by atoms with Gasteiger partial charge in [-0.15, -0.1) is 0 Å². The van der Waals surface area contributed by atoms with Gasteiger partial charge in [0, 0.05) is 11.0 Å². The number of rotatable bonds is 9. The van der Waals surface area contributed by atoms with Gasteiger partial charge in [-0.25, -0.2) is 13.1 Å². The van der Waals surface area contributed by atoms with Gasteiger partial charge in [-0.3, -0.25) is 0 Å². The summed E-state index contributed by atoms with van der Waals surface area (Å²) in [5.41, 5.74) is 0.808. The van der Waals surface area contributed by atoms with Crippen LogP contribution in [0.5, 0.6) is 0 Å². The normalized spacial score (nSPS) is 13.3. The van der Waals surface area contributed by atoms with Gasteiger partial charge in [-0.1, -0.05) is 61.2 Å². The minimum absolute atomic E-state index is 0.0461. The third kappa shape index (κ3) is 6.86. The number of hydrogen-bond donors (Lipinski definition) is 1. The highest BCUT2D eigenvalue weighted by molar-refractivity contribution is 9.10. The van der Waals surface area contributed by atoms with Crippen LogP contribution in [0, 0.1) is 5.92 Å². The minimum atomic E-state index is -3.24. The fraction of sp³-hybridized carbons (Fsp3) is 0.600. The topological polar surface area (TPSA) is 46.2 Å². The van der Waals surface area contributed by atoms with Gasteiger partial charge in [0.25, 0.3) is 0 Å². The van der Waals surface area contributed by atoms with Crippen molar-refractivity contribution in [1.29, 1.82) is 0 Å². The molecule has 0 aliphatic carbocycles. The molecule has 3 nitrogen and oxygen atoms in total. The highest BCUT2D eigenvalue weighted by Crippen LogP contribution is 2.14. The summed E-state index contributed by atoms with van der Waals surface area (Å²) in [6.07, 6.45) is 4.42. The van der Waals surface area contributed by atoms with Gasteiger partial charge >= 0.3 is 0 Å². The fourth-order valence-corrected chi connectivity index (χ4v) is 3.53. The lowest BCUT2D eigenvalue weighted by atomic mass is 10.00. The molecular formula is C15H24BrNO2S. The molecule has 0 aromatic heterocycles. The van der Waals surface area contributed by atoms with E-state index in [9.17, 15) is 8.42 Å². The molecule has 0 saturated carbocycles. The largest absolute Gasteiger partial charge is 0.215 e. The number of nitrogens with one attached hydrogen (secondary N) is 1. The maximum absolute atomic E-state index is 12.1. The van der Waals surface area contributed by atoms with Crippen molar-refractivity contribution >= 4 is 26.0 Å². The van der Waals surface area contributed by atoms with Crippen LogP contribution >= 0.6 is 15.9 Å². The molecule has 0 bridgehead atoms. The van der Waals surface area contributed by atoms with E-state index in [1.807, 2.05) is 24.3 Å². The van der Waals surface area contributed by atoms with E-state index in [1.54, 1.807) is 0 Å². The van der Waals surface area contributed by atoms with Gasteiger partial charge < -0.3 is 0 Å². The Morgan fingerprint density at radius 3 is 2.40 bits per heavy atom. The predicted molar refractivity (Wildman–Crippen MR) is 88.1 cm³/mol. The molecule has 0 spiro atoms. The molecular weight excluding hydrogens is 338 g/mol. The van der Waals surface area contributed by atoms with Gasteiger partial charge in [0.2, 0.25) is 10.0 Å². The summed E-state index contributed by atoms with van der Waals surface area (Å²) in [6, 6.07) is 7.39.